The second-order valence-electron chi connectivity index (χ2n) is 6.77. The summed E-state index contributed by atoms with van der Waals surface area (Å²) >= 11 is 2.71. The van der Waals surface area contributed by atoms with E-state index in [1.807, 2.05) is 72.1 Å². The molecule has 0 atom stereocenters. The Morgan fingerprint density at radius 3 is 2.43 bits per heavy atom. The lowest BCUT2D eigenvalue weighted by molar-refractivity contribution is -0.118. The lowest BCUT2D eigenvalue weighted by atomic mass is 10.1. The number of hydrogen-bond acceptors (Lipinski definition) is 5. The number of thiophene rings is 1. The summed E-state index contributed by atoms with van der Waals surface area (Å²) in [5.74, 6) is 0.124. The standard InChI is InChI=1S/C23H21N3O2S2/c27-20(24-15-18-9-5-2-6-10-18)16-30-23-25-19-12-14-29-21(19)22(28)26(23)13-11-17-7-3-1-4-8-17/h1-10,12,14H,11,13,15-16H2,(H,24,27). The summed E-state index contributed by atoms with van der Waals surface area (Å²) in [6.45, 7) is 1.01. The van der Waals surface area contributed by atoms with Crippen LogP contribution in [0.3, 0.4) is 0 Å². The Bertz CT molecular complexity index is 1190. The fourth-order valence-corrected chi connectivity index (χ4v) is 4.73. The quantitative estimate of drug-likeness (QED) is 0.334. The number of thioether (sulfide) groups is 1. The van der Waals surface area contributed by atoms with Crippen molar-refractivity contribution in [1.29, 1.82) is 0 Å². The predicted molar refractivity (Wildman–Crippen MR) is 123 cm³/mol. The average Bonchev–Trinajstić information content (AvgIpc) is 3.26. The molecule has 0 saturated carbocycles. The molecule has 1 amide bonds. The van der Waals surface area contributed by atoms with Gasteiger partial charge in [-0.2, -0.15) is 0 Å². The molecule has 0 bridgehead atoms. The van der Waals surface area contributed by atoms with Gasteiger partial charge in [-0.1, -0.05) is 72.4 Å². The molecule has 0 fully saturated rings. The number of rotatable bonds is 8. The molecule has 2 aromatic heterocycles. The summed E-state index contributed by atoms with van der Waals surface area (Å²) in [7, 11) is 0. The molecular weight excluding hydrogens is 414 g/mol. The molecule has 5 nitrogen and oxygen atoms in total. The smallest absolute Gasteiger partial charge is 0.272 e. The van der Waals surface area contributed by atoms with E-state index >= 15 is 0 Å². The first kappa shape index (κ1) is 20.4. The van der Waals surface area contributed by atoms with Crippen molar-refractivity contribution in [2.24, 2.45) is 0 Å². The zero-order valence-electron chi connectivity index (χ0n) is 16.3. The van der Waals surface area contributed by atoms with Gasteiger partial charge in [-0.15, -0.1) is 11.3 Å². The lowest BCUT2D eigenvalue weighted by Gasteiger charge is -2.12. The number of carbonyl (C=O) groups is 1. The van der Waals surface area contributed by atoms with E-state index in [-0.39, 0.29) is 17.2 Å². The molecular formula is C23H21N3O2S2. The molecule has 7 heteroatoms. The summed E-state index contributed by atoms with van der Waals surface area (Å²) in [5.41, 5.74) is 2.85. The maximum Gasteiger partial charge on any atom is 0.272 e. The Kier molecular flexibility index (Phi) is 6.61. The molecule has 152 valence electrons. The van der Waals surface area contributed by atoms with Gasteiger partial charge in [0, 0.05) is 13.1 Å². The van der Waals surface area contributed by atoms with Crippen molar-refractivity contribution in [3.63, 3.8) is 0 Å². The third-order valence-corrected chi connectivity index (χ3v) is 6.53. The fourth-order valence-electron chi connectivity index (χ4n) is 3.09. The summed E-state index contributed by atoms with van der Waals surface area (Å²) in [6.07, 6.45) is 0.729. The minimum Gasteiger partial charge on any atom is -0.351 e. The number of aryl methyl sites for hydroxylation is 1. The Morgan fingerprint density at radius 1 is 1.00 bits per heavy atom. The number of aromatic nitrogens is 2. The van der Waals surface area contributed by atoms with Gasteiger partial charge in [0.25, 0.3) is 5.56 Å². The highest BCUT2D eigenvalue weighted by atomic mass is 32.2. The predicted octanol–water partition coefficient (Wildman–Crippen LogP) is 4.11. The van der Waals surface area contributed by atoms with Crippen LogP contribution in [0, 0.1) is 0 Å². The van der Waals surface area contributed by atoms with E-state index < -0.39 is 0 Å². The van der Waals surface area contributed by atoms with Crippen molar-refractivity contribution in [2.75, 3.05) is 5.75 Å². The molecule has 0 aliphatic rings. The highest BCUT2D eigenvalue weighted by Gasteiger charge is 2.14. The van der Waals surface area contributed by atoms with E-state index in [1.54, 1.807) is 4.57 Å². The van der Waals surface area contributed by atoms with Crippen molar-refractivity contribution >= 4 is 39.2 Å². The molecule has 0 unspecified atom stereocenters. The van der Waals surface area contributed by atoms with Crippen molar-refractivity contribution in [3.8, 4) is 0 Å². The van der Waals surface area contributed by atoms with E-state index in [9.17, 15) is 9.59 Å². The second-order valence-corrected chi connectivity index (χ2v) is 8.63. The van der Waals surface area contributed by atoms with Crippen LogP contribution in [0.1, 0.15) is 11.1 Å². The molecule has 2 aromatic carbocycles. The maximum absolute atomic E-state index is 13.0. The van der Waals surface area contributed by atoms with Crippen LogP contribution in [0.4, 0.5) is 0 Å². The Morgan fingerprint density at radius 2 is 1.70 bits per heavy atom. The zero-order valence-corrected chi connectivity index (χ0v) is 17.9. The number of benzene rings is 2. The third kappa shape index (κ3) is 4.98. The Labute approximate surface area is 182 Å². The average molecular weight is 436 g/mol. The monoisotopic (exact) mass is 435 g/mol. The van der Waals surface area contributed by atoms with Crippen LogP contribution in [-0.2, 0) is 24.3 Å². The number of nitrogens with zero attached hydrogens (tertiary/aromatic N) is 2. The first-order chi connectivity index (χ1) is 14.7. The first-order valence-corrected chi connectivity index (χ1v) is 11.5. The van der Waals surface area contributed by atoms with Crippen LogP contribution < -0.4 is 10.9 Å². The van der Waals surface area contributed by atoms with Gasteiger partial charge in [-0.05, 0) is 29.0 Å². The largest absolute Gasteiger partial charge is 0.351 e. The molecule has 0 saturated heterocycles. The minimum absolute atomic E-state index is 0.0434. The zero-order chi connectivity index (χ0) is 20.8. The summed E-state index contributed by atoms with van der Waals surface area (Å²) in [4.78, 5) is 30.0. The molecule has 0 radical (unpaired) electrons. The van der Waals surface area contributed by atoms with Crippen molar-refractivity contribution < 1.29 is 4.79 Å². The van der Waals surface area contributed by atoms with Gasteiger partial charge >= 0.3 is 0 Å². The SMILES string of the molecule is O=C(CSc1nc2ccsc2c(=O)n1CCc1ccccc1)NCc1ccccc1. The van der Waals surface area contributed by atoms with Crippen LogP contribution >= 0.6 is 23.1 Å². The molecule has 0 aliphatic carbocycles. The van der Waals surface area contributed by atoms with Crippen LogP contribution in [0.15, 0.2) is 82.1 Å². The topological polar surface area (TPSA) is 64.0 Å². The van der Waals surface area contributed by atoms with E-state index in [1.165, 1.54) is 23.1 Å². The lowest BCUT2D eigenvalue weighted by Crippen LogP contribution is -2.27. The maximum atomic E-state index is 13.0. The summed E-state index contributed by atoms with van der Waals surface area (Å²) in [5, 5.41) is 5.38. The van der Waals surface area contributed by atoms with Crippen molar-refractivity contribution in [1.82, 2.24) is 14.9 Å². The van der Waals surface area contributed by atoms with Gasteiger partial charge in [-0.3, -0.25) is 14.2 Å². The number of fused-ring (bicyclic) bond motifs is 1. The molecule has 2 heterocycles. The minimum atomic E-state index is -0.0851. The van der Waals surface area contributed by atoms with Crippen LogP contribution in [0.2, 0.25) is 0 Å². The Hall–Kier alpha value is -2.90. The normalized spacial score (nSPS) is 10.9. The van der Waals surface area contributed by atoms with E-state index in [0.29, 0.717) is 28.5 Å². The number of hydrogen-bond donors (Lipinski definition) is 1. The number of nitrogens with one attached hydrogen (secondary N) is 1. The van der Waals surface area contributed by atoms with Gasteiger partial charge in [0.1, 0.15) is 4.70 Å². The molecule has 0 spiro atoms. The molecule has 1 N–H and O–H groups in total. The van der Waals surface area contributed by atoms with Crippen LogP contribution in [0.25, 0.3) is 10.2 Å². The fraction of sp³-hybridized carbons (Fsp3) is 0.174. The second kappa shape index (κ2) is 9.73. The summed E-state index contributed by atoms with van der Waals surface area (Å²) in [6, 6.07) is 21.7. The molecule has 4 aromatic rings. The van der Waals surface area contributed by atoms with Gasteiger partial charge in [0.05, 0.1) is 11.3 Å². The molecule has 4 rings (SSSR count). The van der Waals surface area contributed by atoms with Crippen molar-refractivity contribution in [3.05, 3.63) is 93.6 Å². The third-order valence-electron chi connectivity index (χ3n) is 4.66. The van der Waals surface area contributed by atoms with Crippen LogP contribution in [-0.4, -0.2) is 21.2 Å². The van der Waals surface area contributed by atoms with E-state index in [0.717, 1.165) is 17.5 Å². The Balaban J connectivity index is 1.47. The van der Waals surface area contributed by atoms with E-state index in [2.05, 4.69) is 10.3 Å². The number of amides is 1. The van der Waals surface area contributed by atoms with Gasteiger partial charge in [0.2, 0.25) is 5.91 Å². The van der Waals surface area contributed by atoms with E-state index in [4.69, 9.17) is 0 Å². The van der Waals surface area contributed by atoms with Gasteiger partial charge in [0.15, 0.2) is 5.16 Å². The molecule has 30 heavy (non-hydrogen) atoms. The molecule has 0 aliphatic heterocycles. The van der Waals surface area contributed by atoms with Crippen molar-refractivity contribution in [2.45, 2.75) is 24.7 Å². The first-order valence-electron chi connectivity index (χ1n) is 9.66. The van der Waals surface area contributed by atoms with Gasteiger partial charge < -0.3 is 5.32 Å². The summed E-state index contributed by atoms with van der Waals surface area (Å²) < 4.78 is 2.35. The highest BCUT2D eigenvalue weighted by molar-refractivity contribution is 7.99. The number of carbonyl (C=O) groups excluding carboxylic acids is 1. The van der Waals surface area contributed by atoms with Gasteiger partial charge in [-0.25, -0.2) is 4.98 Å². The highest BCUT2D eigenvalue weighted by Crippen LogP contribution is 2.21. The van der Waals surface area contributed by atoms with Crippen LogP contribution in [0.5, 0.6) is 0 Å².